The summed E-state index contributed by atoms with van der Waals surface area (Å²) in [4.78, 5) is 26.4. The van der Waals surface area contributed by atoms with Crippen LogP contribution in [-0.2, 0) is 23.8 Å². The van der Waals surface area contributed by atoms with Gasteiger partial charge in [0.15, 0.2) is 11.6 Å². The van der Waals surface area contributed by atoms with Gasteiger partial charge in [-0.25, -0.2) is 4.79 Å². The van der Waals surface area contributed by atoms with Gasteiger partial charge in [0.25, 0.3) is 5.91 Å². The molecule has 4 atom stereocenters. The zero-order valence-electron chi connectivity index (χ0n) is 13.3. The molecule has 2 fully saturated rings. The van der Waals surface area contributed by atoms with E-state index in [4.69, 9.17) is 14.2 Å². The Labute approximate surface area is 124 Å². The van der Waals surface area contributed by atoms with E-state index >= 15 is 0 Å². The van der Waals surface area contributed by atoms with Gasteiger partial charge in [-0.3, -0.25) is 9.69 Å². The van der Waals surface area contributed by atoms with Crippen molar-refractivity contribution in [1.29, 1.82) is 0 Å². The van der Waals surface area contributed by atoms with Gasteiger partial charge in [0.05, 0.1) is 13.7 Å². The van der Waals surface area contributed by atoms with Gasteiger partial charge in [-0.1, -0.05) is 20.8 Å². The Morgan fingerprint density at radius 3 is 2.43 bits per heavy atom. The SMILES string of the molecule is COC(=O)[C@@]12CO[C@@H](C(C)(C)C)N1C(=O)[C@H](OC)[C@@]2(C)O. The second kappa shape index (κ2) is 4.66. The maximum absolute atomic E-state index is 12.7. The first-order valence-electron chi connectivity index (χ1n) is 6.84. The molecule has 0 saturated carbocycles. The van der Waals surface area contributed by atoms with Crippen LogP contribution < -0.4 is 0 Å². The minimum absolute atomic E-state index is 0.125. The van der Waals surface area contributed by atoms with Crippen molar-refractivity contribution >= 4 is 11.9 Å². The lowest BCUT2D eigenvalue weighted by Gasteiger charge is -2.39. The highest BCUT2D eigenvalue weighted by Crippen LogP contribution is 2.50. The first kappa shape index (κ1) is 16.2. The first-order chi connectivity index (χ1) is 9.55. The molecule has 7 heteroatoms. The molecule has 1 N–H and O–H groups in total. The van der Waals surface area contributed by atoms with Crippen LogP contribution in [0.1, 0.15) is 27.7 Å². The van der Waals surface area contributed by atoms with Crippen molar-refractivity contribution in [2.24, 2.45) is 5.41 Å². The fourth-order valence-corrected chi connectivity index (χ4v) is 3.32. The standard InChI is InChI=1S/C14H23NO6/c1-12(2,3)10-15-9(16)8(19-5)13(4,18)14(15,7-21-10)11(17)20-6/h8,10,18H,7H2,1-6H3/t8-,10-,13+,14+/m0/s1. The monoisotopic (exact) mass is 301 g/mol. The smallest absolute Gasteiger partial charge is 0.337 e. The molecule has 0 radical (unpaired) electrons. The topological polar surface area (TPSA) is 85.3 Å². The number of fused-ring (bicyclic) bond motifs is 1. The van der Waals surface area contributed by atoms with Crippen LogP contribution in [0.25, 0.3) is 0 Å². The maximum Gasteiger partial charge on any atom is 0.337 e. The Hall–Kier alpha value is -1.18. The summed E-state index contributed by atoms with van der Waals surface area (Å²) in [7, 11) is 2.55. The Bertz CT molecular complexity index is 469. The second-order valence-corrected chi connectivity index (χ2v) is 6.85. The zero-order valence-corrected chi connectivity index (χ0v) is 13.3. The quantitative estimate of drug-likeness (QED) is 0.717. The fraction of sp³-hybridized carbons (Fsp3) is 0.857. The van der Waals surface area contributed by atoms with Crippen molar-refractivity contribution in [2.75, 3.05) is 20.8 Å². The Kier molecular flexibility index (Phi) is 3.59. The number of ether oxygens (including phenoxy) is 3. The molecule has 2 aliphatic heterocycles. The predicted octanol–water partition coefficient (Wildman–Crippen LogP) is -0.0912. The van der Waals surface area contributed by atoms with E-state index in [1.807, 2.05) is 20.8 Å². The fourth-order valence-electron chi connectivity index (χ4n) is 3.32. The summed E-state index contributed by atoms with van der Waals surface area (Å²) in [6.07, 6.45) is -1.78. The van der Waals surface area contributed by atoms with E-state index in [9.17, 15) is 14.7 Å². The average molecular weight is 301 g/mol. The minimum Gasteiger partial charge on any atom is -0.467 e. The number of carbonyl (C=O) groups is 2. The van der Waals surface area contributed by atoms with Crippen molar-refractivity contribution in [3.8, 4) is 0 Å². The normalized spacial score (nSPS) is 39.6. The molecule has 0 spiro atoms. The zero-order chi connectivity index (χ0) is 16.2. The van der Waals surface area contributed by atoms with E-state index in [-0.39, 0.29) is 6.61 Å². The van der Waals surface area contributed by atoms with Crippen LogP contribution in [0.2, 0.25) is 0 Å². The van der Waals surface area contributed by atoms with Crippen molar-refractivity contribution in [3.05, 3.63) is 0 Å². The number of amides is 1. The summed E-state index contributed by atoms with van der Waals surface area (Å²) in [5.41, 5.74) is -3.76. The average Bonchev–Trinajstić information content (AvgIpc) is 2.85. The van der Waals surface area contributed by atoms with Gasteiger partial charge in [-0.05, 0) is 6.92 Å². The molecule has 7 nitrogen and oxygen atoms in total. The lowest BCUT2D eigenvalue weighted by atomic mass is 9.80. The number of methoxy groups -OCH3 is 2. The number of esters is 1. The molecule has 2 aliphatic rings. The molecule has 0 bridgehead atoms. The summed E-state index contributed by atoms with van der Waals surface area (Å²) in [6.45, 7) is 6.97. The number of hydrogen-bond acceptors (Lipinski definition) is 6. The lowest BCUT2D eigenvalue weighted by Crippen LogP contribution is -2.65. The third-order valence-corrected chi connectivity index (χ3v) is 4.41. The number of carbonyl (C=O) groups excluding carboxylic acids is 2. The van der Waals surface area contributed by atoms with Crippen LogP contribution in [0.3, 0.4) is 0 Å². The van der Waals surface area contributed by atoms with E-state index in [0.717, 1.165) is 0 Å². The molecule has 0 aromatic rings. The summed E-state index contributed by atoms with van der Waals surface area (Å²) in [5, 5.41) is 10.9. The van der Waals surface area contributed by atoms with Crippen LogP contribution in [0.4, 0.5) is 0 Å². The third kappa shape index (κ3) is 1.84. The van der Waals surface area contributed by atoms with E-state index in [1.165, 1.54) is 26.0 Å². The summed E-state index contributed by atoms with van der Waals surface area (Å²) >= 11 is 0. The lowest BCUT2D eigenvalue weighted by molar-refractivity contribution is -0.169. The molecule has 0 aliphatic carbocycles. The highest BCUT2D eigenvalue weighted by atomic mass is 16.6. The van der Waals surface area contributed by atoms with Gasteiger partial charge in [0.2, 0.25) is 0 Å². The molecule has 0 unspecified atom stereocenters. The Morgan fingerprint density at radius 1 is 1.43 bits per heavy atom. The van der Waals surface area contributed by atoms with Gasteiger partial charge < -0.3 is 19.3 Å². The van der Waals surface area contributed by atoms with E-state index in [2.05, 4.69) is 0 Å². The number of hydrogen-bond donors (Lipinski definition) is 1. The van der Waals surface area contributed by atoms with Gasteiger partial charge in [-0.2, -0.15) is 0 Å². The number of aliphatic hydroxyl groups is 1. The number of nitrogens with zero attached hydrogens (tertiary/aromatic N) is 1. The first-order valence-corrected chi connectivity index (χ1v) is 6.84. The van der Waals surface area contributed by atoms with Crippen LogP contribution in [0.5, 0.6) is 0 Å². The Morgan fingerprint density at radius 2 is 2.00 bits per heavy atom. The van der Waals surface area contributed by atoms with Crippen molar-refractivity contribution in [1.82, 2.24) is 4.90 Å². The van der Waals surface area contributed by atoms with Gasteiger partial charge in [0.1, 0.15) is 11.8 Å². The highest BCUT2D eigenvalue weighted by molar-refractivity contribution is 5.98. The van der Waals surface area contributed by atoms with E-state index in [0.29, 0.717) is 0 Å². The van der Waals surface area contributed by atoms with Crippen molar-refractivity contribution < 1.29 is 28.9 Å². The molecule has 0 aromatic carbocycles. The van der Waals surface area contributed by atoms with Crippen molar-refractivity contribution in [3.63, 3.8) is 0 Å². The molecular weight excluding hydrogens is 278 g/mol. The van der Waals surface area contributed by atoms with E-state index < -0.39 is 40.8 Å². The Balaban J connectivity index is 2.62. The van der Waals surface area contributed by atoms with Crippen LogP contribution >= 0.6 is 0 Å². The van der Waals surface area contributed by atoms with E-state index in [1.54, 1.807) is 0 Å². The maximum atomic E-state index is 12.7. The minimum atomic E-state index is -1.74. The van der Waals surface area contributed by atoms with Crippen molar-refractivity contribution in [2.45, 2.75) is 51.2 Å². The van der Waals surface area contributed by atoms with Crippen LogP contribution in [-0.4, -0.2) is 66.2 Å². The molecule has 2 saturated heterocycles. The van der Waals surface area contributed by atoms with Gasteiger partial charge in [-0.15, -0.1) is 0 Å². The summed E-state index contributed by atoms with van der Waals surface area (Å²) in [5.74, 6) is -1.17. The number of rotatable bonds is 2. The molecule has 2 heterocycles. The largest absolute Gasteiger partial charge is 0.467 e. The summed E-state index contributed by atoms with van der Waals surface area (Å²) in [6, 6.07) is 0. The van der Waals surface area contributed by atoms with Crippen LogP contribution in [0.15, 0.2) is 0 Å². The van der Waals surface area contributed by atoms with Crippen LogP contribution in [0, 0.1) is 5.41 Å². The molecule has 2 rings (SSSR count). The molecule has 120 valence electrons. The molecule has 21 heavy (non-hydrogen) atoms. The molecular formula is C14H23NO6. The predicted molar refractivity (Wildman–Crippen MR) is 72.2 cm³/mol. The third-order valence-electron chi connectivity index (χ3n) is 4.41. The highest BCUT2D eigenvalue weighted by Gasteiger charge is 2.76. The summed E-state index contributed by atoms with van der Waals surface area (Å²) < 4.78 is 15.7. The molecule has 1 amide bonds. The van der Waals surface area contributed by atoms with Gasteiger partial charge >= 0.3 is 5.97 Å². The molecule has 0 aromatic heterocycles. The van der Waals surface area contributed by atoms with Gasteiger partial charge in [0, 0.05) is 12.5 Å². The second-order valence-electron chi connectivity index (χ2n) is 6.85.